The Balaban J connectivity index is 2.08. The summed E-state index contributed by atoms with van der Waals surface area (Å²) in [6.07, 6.45) is 1.85. The largest absolute Gasteiger partial charge is 0.507 e. The van der Waals surface area contributed by atoms with Crippen molar-refractivity contribution in [2.75, 3.05) is 4.90 Å². The highest BCUT2D eigenvalue weighted by Crippen LogP contribution is 2.42. The van der Waals surface area contributed by atoms with Crippen LogP contribution < -0.4 is 4.90 Å². The van der Waals surface area contributed by atoms with Crippen LogP contribution >= 0.6 is 51.5 Å². The quantitative estimate of drug-likeness (QED) is 0.313. The van der Waals surface area contributed by atoms with E-state index in [2.05, 4.69) is 57.5 Å². The molecule has 3 rings (SSSR count). The van der Waals surface area contributed by atoms with Crippen LogP contribution in [-0.2, 0) is 15.6 Å². The highest BCUT2D eigenvalue weighted by Gasteiger charge is 2.34. The number of thiocarbonyl (C=S) groups is 1. The van der Waals surface area contributed by atoms with Crippen LogP contribution in [0.1, 0.15) is 58.2 Å². The smallest absolute Gasteiger partial charge is 0.270 e. The van der Waals surface area contributed by atoms with Crippen LogP contribution in [0.5, 0.6) is 5.75 Å². The van der Waals surface area contributed by atoms with Gasteiger partial charge < -0.3 is 5.11 Å². The van der Waals surface area contributed by atoms with Crippen LogP contribution in [-0.4, -0.2) is 15.3 Å². The molecule has 2 aromatic carbocycles. The average molecular weight is 539 g/mol. The van der Waals surface area contributed by atoms with Crippen molar-refractivity contribution in [1.29, 1.82) is 0 Å². The molecule has 0 atom stereocenters. The summed E-state index contributed by atoms with van der Waals surface area (Å²) in [5.74, 6) is 0.130. The Bertz CT molecular complexity index is 1080. The zero-order chi connectivity index (χ0) is 23.3. The monoisotopic (exact) mass is 537 g/mol. The van der Waals surface area contributed by atoms with E-state index in [4.69, 9.17) is 23.8 Å². The summed E-state index contributed by atoms with van der Waals surface area (Å²) in [4.78, 5) is 15.2. The van der Waals surface area contributed by atoms with E-state index in [1.165, 1.54) is 16.7 Å². The molecule has 7 heteroatoms. The second kappa shape index (κ2) is 8.54. The molecule has 1 N–H and O–H groups in total. The van der Waals surface area contributed by atoms with Crippen molar-refractivity contribution in [1.82, 2.24) is 0 Å². The predicted molar refractivity (Wildman–Crippen MR) is 140 cm³/mol. The average Bonchev–Trinajstić information content (AvgIpc) is 2.90. The van der Waals surface area contributed by atoms with Crippen LogP contribution in [0.3, 0.4) is 0 Å². The Morgan fingerprint density at radius 1 is 1.06 bits per heavy atom. The van der Waals surface area contributed by atoms with Crippen molar-refractivity contribution in [2.24, 2.45) is 0 Å². The van der Waals surface area contributed by atoms with Gasteiger partial charge in [0, 0.05) is 15.6 Å². The van der Waals surface area contributed by atoms with Gasteiger partial charge in [0.15, 0.2) is 4.32 Å². The number of phenols is 1. The Labute approximate surface area is 207 Å². The number of halogens is 2. The van der Waals surface area contributed by atoms with E-state index in [1.807, 2.05) is 18.2 Å². The number of aromatic hydroxyl groups is 1. The number of rotatable bonds is 2. The van der Waals surface area contributed by atoms with Gasteiger partial charge in [-0.1, -0.05) is 77.1 Å². The molecule has 0 bridgehead atoms. The molecule has 1 saturated heterocycles. The van der Waals surface area contributed by atoms with Crippen LogP contribution in [0.2, 0.25) is 5.02 Å². The van der Waals surface area contributed by atoms with Crippen molar-refractivity contribution in [3.05, 3.63) is 61.4 Å². The fraction of sp³-hybridized carbons (Fsp3) is 0.333. The summed E-state index contributed by atoms with van der Waals surface area (Å²) in [6, 6.07) is 9.22. The van der Waals surface area contributed by atoms with Gasteiger partial charge in [0.25, 0.3) is 5.91 Å². The third-order valence-corrected chi connectivity index (χ3v) is 7.54. The van der Waals surface area contributed by atoms with Crippen molar-refractivity contribution >= 4 is 73.5 Å². The Hall–Kier alpha value is -1.34. The molecule has 3 nitrogen and oxygen atoms in total. The number of nitrogens with zero attached hydrogens (tertiary/aromatic N) is 1. The summed E-state index contributed by atoms with van der Waals surface area (Å²) < 4.78 is 1.22. The minimum atomic E-state index is -0.249. The minimum absolute atomic E-state index is 0.184. The fourth-order valence-electron chi connectivity index (χ4n) is 3.35. The number of amides is 1. The Morgan fingerprint density at radius 2 is 1.61 bits per heavy atom. The number of carbonyl (C=O) groups excluding carboxylic acids is 1. The highest BCUT2D eigenvalue weighted by atomic mass is 79.9. The molecule has 0 aliphatic carbocycles. The zero-order valence-electron chi connectivity index (χ0n) is 18.3. The molecule has 2 aromatic rings. The third-order valence-electron chi connectivity index (χ3n) is 5.00. The molecule has 1 aliphatic rings. The SMILES string of the molecule is CC(C)(C)c1cc(/C=C2\SC(=S)N(c3ccc(Br)c(Cl)c3)C2=O)cc(C(C)(C)C)c1O. The molecule has 0 unspecified atom stereocenters. The van der Waals surface area contributed by atoms with Crippen LogP contribution in [0, 0.1) is 0 Å². The molecular weight excluding hydrogens is 514 g/mol. The van der Waals surface area contributed by atoms with Gasteiger partial charge in [0.2, 0.25) is 0 Å². The van der Waals surface area contributed by atoms with Gasteiger partial charge in [-0.05, 0) is 68.7 Å². The van der Waals surface area contributed by atoms with Crippen molar-refractivity contribution in [3.8, 4) is 5.75 Å². The lowest BCUT2D eigenvalue weighted by Crippen LogP contribution is -2.27. The van der Waals surface area contributed by atoms with E-state index in [1.54, 1.807) is 18.2 Å². The fourth-order valence-corrected chi connectivity index (χ4v) is 5.07. The number of phenolic OH excluding ortho intramolecular Hbond substituents is 1. The molecule has 0 aromatic heterocycles. The molecule has 1 heterocycles. The lowest BCUT2D eigenvalue weighted by molar-refractivity contribution is -0.113. The van der Waals surface area contributed by atoms with Gasteiger partial charge in [-0.3, -0.25) is 9.69 Å². The van der Waals surface area contributed by atoms with E-state index in [0.717, 1.165) is 21.2 Å². The molecule has 164 valence electrons. The summed E-state index contributed by atoms with van der Waals surface area (Å²) in [6.45, 7) is 12.4. The summed E-state index contributed by atoms with van der Waals surface area (Å²) >= 11 is 16.3. The zero-order valence-corrected chi connectivity index (χ0v) is 22.3. The van der Waals surface area contributed by atoms with Gasteiger partial charge in [-0.25, -0.2) is 0 Å². The Kier molecular flexibility index (Phi) is 6.70. The molecule has 0 saturated carbocycles. The van der Waals surface area contributed by atoms with E-state index < -0.39 is 0 Å². The molecule has 0 spiro atoms. The molecule has 31 heavy (non-hydrogen) atoms. The molecular formula is C24H25BrClNO2S2. The maximum absolute atomic E-state index is 13.2. The van der Waals surface area contributed by atoms with Gasteiger partial charge in [-0.15, -0.1) is 0 Å². The first kappa shape index (κ1) is 24.3. The first-order valence-electron chi connectivity index (χ1n) is 9.81. The van der Waals surface area contributed by atoms with Crippen molar-refractivity contribution < 1.29 is 9.90 Å². The van der Waals surface area contributed by atoms with E-state index in [-0.39, 0.29) is 16.7 Å². The highest BCUT2D eigenvalue weighted by molar-refractivity contribution is 9.10. The van der Waals surface area contributed by atoms with Crippen LogP contribution in [0.4, 0.5) is 5.69 Å². The summed E-state index contributed by atoms with van der Waals surface area (Å²) in [5, 5.41) is 11.5. The summed E-state index contributed by atoms with van der Waals surface area (Å²) in [5.41, 5.74) is 2.70. The van der Waals surface area contributed by atoms with E-state index >= 15 is 0 Å². The van der Waals surface area contributed by atoms with Crippen molar-refractivity contribution in [3.63, 3.8) is 0 Å². The van der Waals surface area contributed by atoms with Gasteiger partial charge in [0.05, 0.1) is 15.6 Å². The molecule has 1 aliphatic heterocycles. The first-order valence-corrected chi connectivity index (χ1v) is 12.2. The lowest BCUT2D eigenvalue weighted by atomic mass is 9.78. The number of anilines is 1. The second-order valence-electron chi connectivity index (χ2n) is 9.58. The normalized spacial score (nSPS) is 16.5. The van der Waals surface area contributed by atoms with Gasteiger partial charge in [0.1, 0.15) is 5.75 Å². The van der Waals surface area contributed by atoms with Crippen molar-refractivity contribution in [2.45, 2.75) is 52.4 Å². The summed E-state index contributed by atoms with van der Waals surface area (Å²) in [7, 11) is 0. The minimum Gasteiger partial charge on any atom is -0.507 e. The number of carbonyl (C=O) groups is 1. The molecule has 1 amide bonds. The number of thioether (sulfide) groups is 1. The lowest BCUT2D eigenvalue weighted by Gasteiger charge is -2.28. The van der Waals surface area contributed by atoms with Gasteiger partial charge >= 0.3 is 0 Å². The number of benzene rings is 2. The number of hydrogen-bond acceptors (Lipinski definition) is 4. The first-order chi connectivity index (χ1) is 14.2. The maximum atomic E-state index is 13.2. The number of hydrogen-bond donors (Lipinski definition) is 1. The van der Waals surface area contributed by atoms with Gasteiger partial charge in [-0.2, -0.15) is 0 Å². The second-order valence-corrected chi connectivity index (χ2v) is 12.5. The molecule has 1 fully saturated rings. The predicted octanol–water partition coefficient (Wildman–Crippen LogP) is 7.81. The van der Waals surface area contributed by atoms with Crippen LogP contribution in [0.15, 0.2) is 39.7 Å². The third kappa shape index (κ3) is 5.03. The maximum Gasteiger partial charge on any atom is 0.270 e. The molecule has 0 radical (unpaired) electrons. The van der Waals surface area contributed by atoms with Crippen LogP contribution in [0.25, 0.3) is 6.08 Å². The Morgan fingerprint density at radius 3 is 2.10 bits per heavy atom. The van der Waals surface area contributed by atoms with E-state index in [9.17, 15) is 9.90 Å². The van der Waals surface area contributed by atoms with E-state index in [0.29, 0.717) is 25.7 Å². The standard InChI is InChI=1S/C24H25BrClNO2S2/c1-23(2,3)15-9-13(10-16(20(15)28)24(4,5)6)11-19-21(29)27(22(30)31-19)14-7-8-17(25)18(26)12-14/h7-12,28H,1-6H3/b19-11-. The topological polar surface area (TPSA) is 40.5 Å².